The summed E-state index contributed by atoms with van der Waals surface area (Å²) in [5.41, 5.74) is 8.69. The molecule has 1 aromatic rings. The molecule has 0 unspecified atom stereocenters. The molecule has 0 radical (unpaired) electrons. The van der Waals surface area contributed by atoms with Crippen molar-refractivity contribution < 1.29 is 0 Å². The number of nitrogens with two attached hydrogens (primary N) is 1. The predicted molar refractivity (Wildman–Crippen MR) is 57.7 cm³/mol. The molecule has 0 atom stereocenters. The molecule has 0 saturated heterocycles. The van der Waals surface area contributed by atoms with Crippen LogP contribution >= 0.6 is 12.2 Å². The summed E-state index contributed by atoms with van der Waals surface area (Å²) in [5, 5.41) is 1.63. The number of thiocarbonyl (C=S) groups is 1. The maximum absolute atomic E-state index is 5.70. The molecular weight excluding hydrogens is 166 g/mol. The molecule has 0 heterocycles. The Morgan fingerprint density at radius 3 is 2.58 bits per heavy atom. The SMILES string of the molecule is CC(C)c1ccc(N)c(C=S)c1. The quantitative estimate of drug-likeness (QED) is 0.558. The van der Waals surface area contributed by atoms with Crippen molar-refractivity contribution in [3.63, 3.8) is 0 Å². The summed E-state index contributed by atoms with van der Waals surface area (Å²) in [5.74, 6) is 0.527. The van der Waals surface area contributed by atoms with E-state index in [1.807, 2.05) is 18.2 Å². The molecule has 1 aromatic carbocycles. The average molecular weight is 179 g/mol. The van der Waals surface area contributed by atoms with Gasteiger partial charge in [-0.3, -0.25) is 0 Å². The normalized spacial score (nSPS) is 10.2. The summed E-state index contributed by atoms with van der Waals surface area (Å²) in [6.45, 7) is 4.30. The lowest BCUT2D eigenvalue weighted by Crippen LogP contribution is -1.95. The summed E-state index contributed by atoms with van der Waals surface area (Å²) in [6.07, 6.45) is 0. The number of rotatable bonds is 2. The first-order valence-electron chi connectivity index (χ1n) is 3.99. The highest BCUT2D eigenvalue weighted by atomic mass is 32.1. The zero-order valence-corrected chi connectivity index (χ0v) is 8.19. The topological polar surface area (TPSA) is 26.0 Å². The highest BCUT2D eigenvalue weighted by Crippen LogP contribution is 2.18. The molecule has 1 nitrogen and oxygen atoms in total. The Morgan fingerprint density at radius 2 is 2.08 bits per heavy atom. The molecule has 12 heavy (non-hydrogen) atoms. The van der Waals surface area contributed by atoms with Gasteiger partial charge in [-0.15, -0.1) is 0 Å². The van der Waals surface area contributed by atoms with E-state index in [9.17, 15) is 0 Å². The highest BCUT2D eigenvalue weighted by molar-refractivity contribution is 7.79. The molecule has 0 aliphatic carbocycles. The van der Waals surface area contributed by atoms with Gasteiger partial charge in [0, 0.05) is 16.6 Å². The van der Waals surface area contributed by atoms with E-state index in [-0.39, 0.29) is 0 Å². The van der Waals surface area contributed by atoms with Gasteiger partial charge in [0.2, 0.25) is 0 Å². The van der Waals surface area contributed by atoms with Gasteiger partial charge in [0.1, 0.15) is 0 Å². The fourth-order valence-corrected chi connectivity index (χ4v) is 1.26. The van der Waals surface area contributed by atoms with Gasteiger partial charge in [0.25, 0.3) is 0 Å². The van der Waals surface area contributed by atoms with Gasteiger partial charge in [-0.25, -0.2) is 0 Å². The maximum Gasteiger partial charge on any atom is 0.0396 e. The van der Waals surface area contributed by atoms with Crippen LogP contribution in [0.1, 0.15) is 30.9 Å². The Bertz CT molecular complexity index is 292. The number of hydrogen-bond donors (Lipinski definition) is 1. The van der Waals surface area contributed by atoms with Crippen molar-refractivity contribution in [3.05, 3.63) is 29.3 Å². The van der Waals surface area contributed by atoms with E-state index in [1.165, 1.54) is 5.56 Å². The summed E-state index contributed by atoms with van der Waals surface area (Å²) in [6, 6.07) is 6.00. The molecule has 2 N–H and O–H groups in total. The van der Waals surface area contributed by atoms with Gasteiger partial charge in [0.15, 0.2) is 0 Å². The van der Waals surface area contributed by atoms with E-state index < -0.39 is 0 Å². The number of anilines is 1. The highest BCUT2D eigenvalue weighted by Gasteiger charge is 2.01. The zero-order chi connectivity index (χ0) is 9.14. The van der Waals surface area contributed by atoms with E-state index in [0.29, 0.717) is 5.92 Å². The second kappa shape index (κ2) is 3.68. The van der Waals surface area contributed by atoms with Crippen molar-refractivity contribution >= 4 is 23.3 Å². The van der Waals surface area contributed by atoms with Crippen molar-refractivity contribution in [3.8, 4) is 0 Å². The van der Waals surface area contributed by atoms with Crippen LogP contribution < -0.4 is 5.73 Å². The van der Waals surface area contributed by atoms with Crippen LogP contribution in [-0.4, -0.2) is 5.37 Å². The maximum atomic E-state index is 5.70. The Kier molecular flexibility index (Phi) is 2.82. The Balaban J connectivity index is 3.13. The fraction of sp³-hybridized carbons (Fsp3) is 0.300. The summed E-state index contributed by atoms with van der Waals surface area (Å²) >= 11 is 4.85. The standard InChI is InChI=1S/C10H13NS/c1-7(2)8-3-4-10(11)9(5-8)6-12/h3-7H,11H2,1-2H3. The third-order valence-corrected chi connectivity index (χ3v) is 2.16. The molecule has 2 heteroatoms. The Hall–Kier alpha value is -0.890. The van der Waals surface area contributed by atoms with Crippen LogP contribution in [0.2, 0.25) is 0 Å². The molecule has 0 fully saturated rings. The smallest absolute Gasteiger partial charge is 0.0396 e. The molecule has 0 spiro atoms. The minimum Gasteiger partial charge on any atom is -0.398 e. The van der Waals surface area contributed by atoms with Crippen LogP contribution in [0.5, 0.6) is 0 Å². The average Bonchev–Trinajstić information content (AvgIpc) is 2.05. The molecule has 1 rings (SSSR count). The van der Waals surface area contributed by atoms with Crippen LogP contribution in [0.15, 0.2) is 18.2 Å². The molecule has 0 aliphatic rings. The third kappa shape index (κ3) is 1.83. The van der Waals surface area contributed by atoms with Crippen molar-refractivity contribution in [2.24, 2.45) is 0 Å². The lowest BCUT2D eigenvalue weighted by atomic mass is 10.0. The fourth-order valence-electron chi connectivity index (χ4n) is 1.05. The first-order chi connectivity index (χ1) is 5.65. The van der Waals surface area contributed by atoms with Crippen LogP contribution in [0.4, 0.5) is 5.69 Å². The van der Waals surface area contributed by atoms with E-state index in [4.69, 9.17) is 18.0 Å². The number of nitrogen functional groups attached to an aromatic ring is 1. The van der Waals surface area contributed by atoms with E-state index in [2.05, 4.69) is 13.8 Å². The van der Waals surface area contributed by atoms with E-state index in [1.54, 1.807) is 5.37 Å². The lowest BCUT2D eigenvalue weighted by molar-refractivity contribution is 0.867. The molecule has 0 amide bonds. The molecular formula is C10H13NS. The molecule has 64 valence electrons. The minimum absolute atomic E-state index is 0.527. The molecule has 0 bridgehead atoms. The van der Waals surface area contributed by atoms with Crippen molar-refractivity contribution in [2.45, 2.75) is 19.8 Å². The van der Waals surface area contributed by atoms with Crippen molar-refractivity contribution in [1.82, 2.24) is 0 Å². The zero-order valence-electron chi connectivity index (χ0n) is 7.37. The van der Waals surface area contributed by atoms with Gasteiger partial charge < -0.3 is 5.73 Å². The van der Waals surface area contributed by atoms with Gasteiger partial charge in [0.05, 0.1) is 0 Å². The monoisotopic (exact) mass is 179 g/mol. The first kappa shape index (κ1) is 9.20. The summed E-state index contributed by atoms with van der Waals surface area (Å²) < 4.78 is 0. The van der Waals surface area contributed by atoms with E-state index in [0.717, 1.165) is 11.3 Å². The van der Waals surface area contributed by atoms with Crippen LogP contribution in [0.3, 0.4) is 0 Å². The molecule has 0 aromatic heterocycles. The number of hydrogen-bond acceptors (Lipinski definition) is 2. The molecule has 0 saturated carbocycles. The molecule has 0 aliphatic heterocycles. The minimum atomic E-state index is 0.527. The predicted octanol–water partition coefficient (Wildman–Crippen LogP) is 2.74. The van der Waals surface area contributed by atoms with Crippen LogP contribution in [0.25, 0.3) is 0 Å². The van der Waals surface area contributed by atoms with Gasteiger partial charge in [-0.1, -0.05) is 32.1 Å². The van der Waals surface area contributed by atoms with Gasteiger partial charge in [-0.05, 0) is 23.6 Å². The Morgan fingerprint density at radius 1 is 1.42 bits per heavy atom. The first-order valence-corrected chi connectivity index (χ1v) is 4.47. The van der Waals surface area contributed by atoms with E-state index >= 15 is 0 Å². The van der Waals surface area contributed by atoms with Crippen LogP contribution in [0, 0.1) is 0 Å². The van der Waals surface area contributed by atoms with Crippen molar-refractivity contribution in [2.75, 3.05) is 5.73 Å². The second-order valence-electron chi connectivity index (χ2n) is 3.16. The summed E-state index contributed by atoms with van der Waals surface area (Å²) in [7, 11) is 0. The lowest BCUT2D eigenvalue weighted by Gasteiger charge is -2.07. The second-order valence-corrected chi connectivity index (χ2v) is 3.40. The number of benzene rings is 1. The largest absolute Gasteiger partial charge is 0.398 e. The van der Waals surface area contributed by atoms with Gasteiger partial charge >= 0.3 is 0 Å². The third-order valence-electron chi connectivity index (χ3n) is 1.90. The van der Waals surface area contributed by atoms with Crippen molar-refractivity contribution in [1.29, 1.82) is 0 Å². The summed E-state index contributed by atoms with van der Waals surface area (Å²) in [4.78, 5) is 0. The van der Waals surface area contributed by atoms with Crippen LogP contribution in [-0.2, 0) is 0 Å². The Labute approximate surface area is 78.6 Å². The van der Waals surface area contributed by atoms with Gasteiger partial charge in [-0.2, -0.15) is 0 Å².